The summed E-state index contributed by atoms with van der Waals surface area (Å²) < 4.78 is 18.4. The molecule has 2 aromatic rings. The van der Waals surface area contributed by atoms with Crippen molar-refractivity contribution < 1.29 is 13.9 Å². The predicted molar refractivity (Wildman–Crippen MR) is 72.6 cm³/mol. The fraction of sp³-hybridized carbons (Fsp3) is 0.0714. The number of benzene rings is 2. The molecule has 5 heteroatoms. The van der Waals surface area contributed by atoms with Crippen LogP contribution in [0.25, 0.3) is 0 Å². The lowest BCUT2D eigenvalue weighted by molar-refractivity contribution is 0.111. The average molecular weight is 299 g/mol. The van der Waals surface area contributed by atoms with Crippen LogP contribution in [0.3, 0.4) is 0 Å². The van der Waals surface area contributed by atoms with Crippen molar-refractivity contribution in [2.24, 2.45) is 0 Å². The van der Waals surface area contributed by atoms with E-state index in [-0.39, 0.29) is 12.2 Å². The quantitative estimate of drug-likeness (QED) is 0.776. The first-order valence-electron chi connectivity index (χ1n) is 5.41. The van der Waals surface area contributed by atoms with Gasteiger partial charge in [-0.1, -0.05) is 29.3 Å². The summed E-state index contributed by atoms with van der Waals surface area (Å²) in [5.41, 5.74) is 0.886. The maximum Gasteiger partial charge on any atom is 0.153 e. The molecule has 0 saturated carbocycles. The van der Waals surface area contributed by atoms with Crippen LogP contribution in [-0.4, -0.2) is 6.29 Å². The van der Waals surface area contributed by atoms with Gasteiger partial charge in [0.05, 0.1) is 5.56 Å². The Morgan fingerprint density at radius 2 is 1.95 bits per heavy atom. The van der Waals surface area contributed by atoms with Gasteiger partial charge in [-0.05, 0) is 30.3 Å². The Hall–Kier alpha value is -1.58. The summed E-state index contributed by atoms with van der Waals surface area (Å²) in [6, 6.07) is 8.78. The van der Waals surface area contributed by atoms with Gasteiger partial charge in [-0.2, -0.15) is 0 Å². The third-order valence-electron chi connectivity index (χ3n) is 2.50. The number of ether oxygens (including phenoxy) is 1. The minimum Gasteiger partial charge on any atom is -0.488 e. The van der Waals surface area contributed by atoms with Crippen LogP contribution in [0, 0.1) is 5.82 Å². The van der Waals surface area contributed by atoms with Crippen molar-refractivity contribution in [1.29, 1.82) is 0 Å². The highest BCUT2D eigenvalue weighted by Gasteiger charge is 2.07. The molecule has 0 radical (unpaired) electrons. The summed E-state index contributed by atoms with van der Waals surface area (Å²) in [6.07, 6.45) is 0.544. The first-order valence-corrected chi connectivity index (χ1v) is 6.17. The van der Waals surface area contributed by atoms with Crippen molar-refractivity contribution in [3.63, 3.8) is 0 Å². The molecule has 0 aliphatic carbocycles. The molecule has 2 rings (SSSR count). The summed E-state index contributed by atoms with van der Waals surface area (Å²) in [6.45, 7) is 0.169. The number of carbonyl (C=O) groups is 1. The summed E-state index contributed by atoms with van der Waals surface area (Å²) in [7, 11) is 0. The van der Waals surface area contributed by atoms with Gasteiger partial charge in [0.2, 0.25) is 0 Å². The van der Waals surface area contributed by atoms with Crippen LogP contribution < -0.4 is 4.74 Å². The highest BCUT2D eigenvalue weighted by atomic mass is 35.5. The summed E-state index contributed by atoms with van der Waals surface area (Å²) in [5, 5.41) is 1.01. The topological polar surface area (TPSA) is 26.3 Å². The smallest absolute Gasteiger partial charge is 0.153 e. The first kappa shape index (κ1) is 13.8. The Morgan fingerprint density at radius 3 is 2.63 bits per heavy atom. The van der Waals surface area contributed by atoms with E-state index in [1.165, 1.54) is 12.1 Å². The van der Waals surface area contributed by atoms with Gasteiger partial charge in [-0.3, -0.25) is 4.79 Å². The molecular weight excluding hydrogens is 290 g/mol. The van der Waals surface area contributed by atoms with Crippen LogP contribution in [-0.2, 0) is 6.61 Å². The molecular formula is C14H9Cl2FO2. The second kappa shape index (κ2) is 6.04. The van der Waals surface area contributed by atoms with Gasteiger partial charge in [-0.15, -0.1) is 0 Å². The molecule has 0 aromatic heterocycles. The zero-order chi connectivity index (χ0) is 13.8. The second-order valence-electron chi connectivity index (χ2n) is 3.82. The molecule has 0 bridgehead atoms. The normalized spacial score (nSPS) is 10.3. The molecule has 0 aliphatic rings. The lowest BCUT2D eigenvalue weighted by Crippen LogP contribution is -1.99. The molecule has 98 valence electrons. The number of aldehydes is 1. The Morgan fingerprint density at radius 1 is 1.16 bits per heavy atom. The lowest BCUT2D eigenvalue weighted by atomic mass is 10.2. The molecule has 0 aliphatic heterocycles. The molecule has 0 amide bonds. The van der Waals surface area contributed by atoms with Gasteiger partial charge in [0, 0.05) is 15.6 Å². The van der Waals surface area contributed by atoms with Gasteiger partial charge >= 0.3 is 0 Å². The van der Waals surface area contributed by atoms with E-state index < -0.39 is 5.82 Å². The number of hydrogen-bond acceptors (Lipinski definition) is 2. The van der Waals surface area contributed by atoms with Crippen molar-refractivity contribution in [2.75, 3.05) is 0 Å². The largest absolute Gasteiger partial charge is 0.488 e. The fourth-order valence-corrected chi connectivity index (χ4v) is 2.00. The fourth-order valence-electron chi connectivity index (χ4n) is 1.54. The Labute approximate surface area is 119 Å². The Balaban J connectivity index is 2.16. The molecule has 0 saturated heterocycles. The molecule has 0 spiro atoms. The highest BCUT2D eigenvalue weighted by molar-refractivity contribution is 6.35. The van der Waals surface area contributed by atoms with Crippen molar-refractivity contribution in [3.05, 3.63) is 63.4 Å². The third kappa shape index (κ3) is 3.46. The van der Waals surface area contributed by atoms with E-state index in [9.17, 15) is 9.18 Å². The van der Waals surface area contributed by atoms with Gasteiger partial charge in [0.15, 0.2) is 6.29 Å². The summed E-state index contributed by atoms with van der Waals surface area (Å²) in [5.74, 6) is -0.179. The number of halogens is 3. The number of carbonyl (C=O) groups excluding carboxylic acids is 1. The van der Waals surface area contributed by atoms with Crippen molar-refractivity contribution in [2.45, 2.75) is 6.61 Å². The third-order valence-corrected chi connectivity index (χ3v) is 3.08. The van der Waals surface area contributed by atoms with Crippen molar-refractivity contribution in [1.82, 2.24) is 0 Å². The molecule has 2 nitrogen and oxygen atoms in total. The molecule has 2 aromatic carbocycles. The predicted octanol–water partition coefficient (Wildman–Crippen LogP) is 4.52. The maximum atomic E-state index is 13.0. The average Bonchev–Trinajstić information content (AvgIpc) is 2.39. The minimum atomic E-state index is -0.487. The summed E-state index contributed by atoms with van der Waals surface area (Å²) >= 11 is 11.8. The van der Waals surface area contributed by atoms with E-state index in [0.717, 1.165) is 11.6 Å². The molecule has 0 fully saturated rings. The minimum absolute atomic E-state index is 0.157. The molecule has 0 N–H and O–H groups in total. The van der Waals surface area contributed by atoms with Crippen LogP contribution in [0.1, 0.15) is 15.9 Å². The van der Waals surface area contributed by atoms with E-state index >= 15 is 0 Å². The van der Waals surface area contributed by atoms with Crippen LogP contribution in [0.5, 0.6) is 5.75 Å². The Bertz CT molecular complexity index is 614. The van der Waals surface area contributed by atoms with Crippen LogP contribution in [0.2, 0.25) is 10.0 Å². The van der Waals surface area contributed by atoms with E-state index in [2.05, 4.69) is 0 Å². The van der Waals surface area contributed by atoms with Crippen LogP contribution in [0.4, 0.5) is 4.39 Å². The van der Waals surface area contributed by atoms with Gasteiger partial charge in [-0.25, -0.2) is 4.39 Å². The van der Waals surface area contributed by atoms with E-state index in [1.54, 1.807) is 18.2 Å². The number of hydrogen-bond donors (Lipinski definition) is 0. The highest BCUT2D eigenvalue weighted by Crippen LogP contribution is 2.24. The zero-order valence-corrected chi connectivity index (χ0v) is 11.2. The maximum absolute atomic E-state index is 13.0. The van der Waals surface area contributed by atoms with E-state index in [1.807, 2.05) is 0 Å². The van der Waals surface area contributed by atoms with Gasteiger partial charge in [0.1, 0.15) is 18.2 Å². The standard InChI is InChI=1S/C14H9Cl2FO2/c15-11-2-1-9(13(16)6-11)8-19-14-4-3-12(17)5-10(14)7-18/h1-7H,8H2. The molecule has 0 heterocycles. The van der Waals surface area contributed by atoms with E-state index in [0.29, 0.717) is 22.1 Å². The molecule has 0 unspecified atom stereocenters. The lowest BCUT2D eigenvalue weighted by Gasteiger charge is -2.09. The van der Waals surface area contributed by atoms with Crippen molar-refractivity contribution in [3.8, 4) is 5.75 Å². The van der Waals surface area contributed by atoms with Crippen LogP contribution >= 0.6 is 23.2 Å². The van der Waals surface area contributed by atoms with Gasteiger partial charge < -0.3 is 4.74 Å². The second-order valence-corrected chi connectivity index (χ2v) is 4.67. The summed E-state index contributed by atoms with van der Waals surface area (Å²) in [4.78, 5) is 10.8. The zero-order valence-electron chi connectivity index (χ0n) is 9.70. The monoisotopic (exact) mass is 298 g/mol. The molecule has 19 heavy (non-hydrogen) atoms. The van der Waals surface area contributed by atoms with E-state index in [4.69, 9.17) is 27.9 Å². The van der Waals surface area contributed by atoms with Crippen molar-refractivity contribution >= 4 is 29.5 Å². The Kier molecular flexibility index (Phi) is 4.40. The van der Waals surface area contributed by atoms with Crippen LogP contribution in [0.15, 0.2) is 36.4 Å². The first-order chi connectivity index (χ1) is 9.10. The SMILES string of the molecule is O=Cc1cc(F)ccc1OCc1ccc(Cl)cc1Cl. The molecule has 0 atom stereocenters. The van der Waals surface area contributed by atoms with Gasteiger partial charge in [0.25, 0.3) is 0 Å². The number of rotatable bonds is 4.